The van der Waals surface area contributed by atoms with E-state index in [1.807, 2.05) is 0 Å². The number of anilines is 1. The average Bonchev–Trinajstić information content (AvgIpc) is 2.33. The molecule has 0 aromatic heterocycles. The van der Waals surface area contributed by atoms with Gasteiger partial charge >= 0.3 is 0 Å². The van der Waals surface area contributed by atoms with Crippen molar-refractivity contribution in [2.45, 2.75) is 25.3 Å². The van der Waals surface area contributed by atoms with Crippen molar-refractivity contribution >= 4 is 23.2 Å². The maximum atomic E-state index is 11.7. The van der Waals surface area contributed by atoms with E-state index in [2.05, 4.69) is 4.90 Å². The molecule has 4 N–H and O–H groups in total. The Hall–Kier alpha value is -1.26. The van der Waals surface area contributed by atoms with E-state index in [1.54, 1.807) is 18.2 Å². The Bertz CT molecular complexity index is 444. The number of rotatable bonds is 3. The van der Waals surface area contributed by atoms with E-state index >= 15 is 0 Å². The normalized spacial score (nSPS) is 18.5. The Morgan fingerprint density at radius 3 is 2.50 bits per heavy atom. The molecule has 0 aliphatic carbocycles. The van der Waals surface area contributed by atoms with Gasteiger partial charge < -0.3 is 11.5 Å². The number of carbonyl (C=O) groups excluding carboxylic acids is 1. The minimum absolute atomic E-state index is 0.358. The van der Waals surface area contributed by atoms with Gasteiger partial charge in [0.25, 0.3) is 0 Å². The molecule has 18 heavy (non-hydrogen) atoms. The smallest absolute Gasteiger partial charge is 0.239 e. The van der Waals surface area contributed by atoms with Gasteiger partial charge in [-0.15, -0.1) is 0 Å². The molecule has 0 saturated carbocycles. The van der Waals surface area contributed by atoms with Gasteiger partial charge in [0.2, 0.25) is 5.91 Å². The zero-order valence-corrected chi connectivity index (χ0v) is 11.0. The molecule has 1 amide bonds. The van der Waals surface area contributed by atoms with Gasteiger partial charge in [0.15, 0.2) is 0 Å². The minimum Gasteiger partial charge on any atom is -0.399 e. The van der Waals surface area contributed by atoms with E-state index in [-0.39, 0.29) is 5.91 Å². The molecule has 4 nitrogen and oxygen atoms in total. The van der Waals surface area contributed by atoms with Crippen molar-refractivity contribution in [2.75, 3.05) is 18.8 Å². The Morgan fingerprint density at radius 1 is 1.28 bits per heavy atom. The topological polar surface area (TPSA) is 72.3 Å². The highest BCUT2D eigenvalue weighted by Crippen LogP contribution is 2.30. The number of hydrogen-bond donors (Lipinski definition) is 2. The number of benzene rings is 1. The molecule has 1 aromatic rings. The van der Waals surface area contributed by atoms with Gasteiger partial charge in [-0.3, -0.25) is 9.69 Å². The van der Waals surface area contributed by atoms with E-state index in [0.717, 1.165) is 31.5 Å². The van der Waals surface area contributed by atoms with E-state index < -0.39 is 6.04 Å². The van der Waals surface area contributed by atoms with Crippen molar-refractivity contribution < 1.29 is 4.79 Å². The van der Waals surface area contributed by atoms with Crippen molar-refractivity contribution in [3.05, 3.63) is 28.8 Å². The van der Waals surface area contributed by atoms with E-state index in [9.17, 15) is 4.79 Å². The van der Waals surface area contributed by atoms with Crippen LogP contribution in [0, 0.1) is 0 Å². The molecule has 98 valence electrons. The van der Waals surface area contributed by atoms with Crippen LogP contribution >= 0.6 is 11.6 Å². The maximum Gasteiger partial charge on any atom is 0.239 e. The lowest BCUT2D eigenvalue weighted by Crippen LogP contribution is -2.40. The Labute approximate surface area is 112 Å². The molecule has 1 heterocycles. The van der Waals surface area contributed by atoms with Crippen LogP contribution in [0.4, 0.5) is 5.69 Å². The average molecular weight is 268 g/mol. The van der Waals surface area contributed by atoms with Gasteiger partial charge in [-0.05, 0) is 43.6 Å². The van der Waals surface area contributed by atoms with Crippen molar-refractivity contribution in [2.24, 2.45) is 5.73 Å². The summed E-state index contributed by atoms with van der Waals surface area (Å²) >= 11 is 6.17. The van der Waals surface area contributed by atoms with E-state index in [0.29, 0.717) is 10.7 Å². The predicted octanol–water partition coefficient (Wildman–Crippen LogP) is 1.93. The highest BCUT2D eigenvalue weighted by atomic mass is 35.5. The molecule has 0 radical (unpaired) electrons. The largest absolute Gasteiger partial charge is 0.399 e. The summed E-state index contributed by atoms with van der Waals surface area (Å²) in [6.07, 6.45) is 3.39. The third-order valence-corrected chi connectivity index (χ3v) is 3.67. The first kappa shape index (κ1) is 13.2. The van der Waals surface area contributed by atoms with Crippen molar-refractivity contribution in [3.63, 3.8) is 0 Å². The number of nitrogens with two attached hydrogens (primary N) is 2. The molecule has 1 saturated heterocycles. The second-order valence-electron chi connectivity index (χ2n) is 4.68. The van der Waals surface area contributed by atoms with Crippen LogP contribution in [-0.4, -0.2) is 23.9 Å². The van der Waals surface area contributed by atoms with Gasteiger partial charge in [-0.2, -0.15) is 0 Å². The maximum absolute atomic E-state index is 11.7. The van der Waals surface area contributed by atoms with Crippen molar-refractivity contribution in [3.8, 4) is 0 Å². The number of primary amides is 1. The van der Waals surface area contributed by atoms with Gasteiger partial charge in [-0.25, -0.2) is 0 Å². The molecule has 1 aliphatic rings. The molecular formula is C13H18ClN3O. The first-order valence-corrected chi connectivity index (χ1v) is 6.55. The number of hydrogen-bond acceptors (Lipinski definition) is 3. The summed E-state index contributed by atoms with van der Waals surface area (Å²) in [4.78, 5) is 13.8. The summed E-state index contributed by atoms with van der Waals surface area (Å²) in [7, 11) is 0. The summed E-state index contributed by atoms with van der Waals surface area (Å²) in [6.45, 7) is 1.77. The molecule has 0 bridgehead atoms. The van der Waals surface area contributed by atoms with Gasteiger partial charge in [0, 0.05) is 10.7 Å². The molecular weight excluding hydrogens is 250 g/mol. The summed E-state index contributed by atoms with van der Waals surface area (Å²) < 4.78 is 0. The fraction of sp³-hybridized carbons (Fsp3) is 0.462. The quantitative estimate of drug-likeness (QED) is 0.822. The number of nitrogen functional groups attached to an aromatic ring is 1. The number of carbonyl (C=O) groups is 1. The molecule has 1 unspecified atom stereocenters. The van der Waals surface area contributed by atoms with Crippen LogP contribution in [0.15, 0.2) is 18.2 Å². The molecule has 1 aliphatic heterocycles. The monoisotopic (exact) mass is 267 g/mol. The Balaban J connectivity index is 2.31. The van der Waals surface area contributed by atoms with Gasteiger partial charge in [0.1, 0.15) is 6.04 Å². The molecule has 1 aromatic carbocycles. The SMILES string of the molecule is NC(=O)C(c1ccc(N)cc1Cl)N1CCCCC1. The summed E-state index contributed by atoms with van der Waals surface area (Å²) in [5.41, 5.74) is 12.5. The summed E-state index contributed by atoms with van der Waals surface area (Å²) in [5, 5.41) is 0.504. The standard InChI is InChI=1S/C13H18ClN3O/c14-11-8-9(15)4-5-10(11)12(13(16)18)17-6-2-1-3-7-17/h4-5,8,12H,1-3,6-7,15H2,(H2,16,18). The first-order chi connectivity index (χ1) is 8.59. The Morgan fingerprint density at radius 2 is 1.94 bits per heavy atom. The number of amides is 1. The zero-order valence-electron chi connectivity index (χ0n) is 10.2. The van der Waals surface area contributed by atoms with Crippen LogP contribution in [0.2, 0.25) is 5.02 Å². The van der Waals surface area contributed by atoms with E-state index in [1.165, 1.54) is 6.42 Å². The lowest BCUT2D eigenvalue weighted by Gasteiger charge is -2.33. The van der Waals surface area contributed by atoms with Crippen molar-refractivity contribution in [1.82, 2.24) is 4.90 Å². The van der Waals surface area contributed by atoms with Crippen LogP contribution in [-0.2, 0) is 4.79 Å². The molecule has 1 fully saturated rings. The molecule has 1 atom stereocenters. The highest BCUT2D eigenvalue weighted by Gasteiger charge is 2.28. The number of likely N-dealkylation sites (tertiary alicyclic amines) is 1. The fourth-order valence-corrected chi connectivity index (χ4v) is 2.76. The van der Waals surface area contributed by atoms with Gasteiger partial charge in [0.05, 0.1) is 0 Å². The van der Waals surface area contributed by atoms with E-state index in [4.69, 9.17) is 23.1 Å². The minimum atomic E-state index is -0.446. The Kier molecular flexibility index (Phi) is 4.09. The molecule has 0 spiro atoms. The number of nitrogens with zero attached hydrogens (tertiary/aromatic N) is 1. The van der Waals surface area contributed by atoms with Crippen LogP contribution in [0.25, 0.3) is 0 Å². The predicted molar refractivity (Wildman–Crippen MR) is 73.2 cm³/mol. The van der Waals surface area contributed by atoms with Crippen LogP contribution in [0.5, 0.6) is 0 Å². The highest BCUT2D eigenvalue weighted by molar-refractivity contribution is 6.32. The summed E-state index contributed by atoms with van der Waals surface area (Å²) in [6, 6.07) is 4.76. The lowest BCUT2D eigenvalue weighted by molar-refractivity contribution is -0.123. The number of halogens is 1. The lowest BCUT2D eigenvalue weighted by atomic mass is 10.0. The fourth-order valence-electron chi connectivity index (χ4n) is 2.47. The molecule has 2 rings (SSSR count). The third kappa shape index (κ3) is 2.76. The van der Waals surface area contributed by atoms with Crippen LogP contribution in [0.1, 0.15) is 30.9 Å². The first-order valence-electron chi connectivity index (χ1n) is 6.18. The van der Waals surface area contributed by atoms with Crippen molar-refractivity contribution in [1.29, 1.82) is 0 Å². The van der Waals surface area contributed by atoms with Crippen LogP contribution in [0.3, 0.4) is 0 Å². The molecule has 5 heteroatoms. The van der Waals surface area contributed by atoms with Gasteiger partial charge in [-0.1, -0.05) is 24.1 Å². The second kappa shape index (κ2) is 5.59. The van der Waals surface area contributed by atoms with Crippen LogP contribution < -0.4 is 11.5 Å². The zero-order chi connectivity index (χ0) is 13.1. The second-order valence-corrected chi connectivity index (χ2v) is 5.09. The number of piperidine rings is 1. The summed E-state index contributed by atoms with van der Waals surface area (Å²) in [5.74, 6) is -0.358. The third-order valence-electron chi connectivity index (χ3n) is 3.34.